The van der Waals surface area contributed by atoms with Crippen molar-refractivity contribution >= 4 is 50.1 Å². The summed E-state index contributed by atoms with van der Waals surface area (Å²) in [7, 11) is 0. The largest absolute Gasteiger partial charge is 0.361 e. The van der Waals surface area contributed by atoms with Crippen LogP contribution in [0, 0.1) is 0 Å². The summed E-state index contributed by atoms with van der Waals surface area (Å²) >= 11 is 3.68. The van der Waals surface area contributed by atoms with Gasteiger partial charge in [-0.25, -0.2) is 0 Å². The van der Waals surface area contributed by atoms with Crippen LogP contribution in [0.5, 0.6) is 0 Å². The minimum absolute atomic E-state index is 0.0813. The highest BCUT2D eigenvalue weighted by Crippen LogP contribution is 2.43. The molecule has 0 spiro atoms. The molecule has 1 aromatic heterocycles. The van der Waals surface area contributed by atoms with Gasteiger partial charge in [0.15, 0.2) is 0 Å². The molecule has 0 unspecified atom stereocenters. The van der Waals surface area contributed by atoms with Gasteiger partial charge in [0.1, 0.15) is 0 Å². The Balaban J connectivity index is 1.57. The van der Waals surface area contributed by atoms with Gasteiger partial charge in [0, 0.05) is 38.3 Å². The van der Waals surface area contributed by atoms with E-state index < -0.39 is 0 Å². The summed E-state index contributed by atoms with van der Waals surface area (Å²) in [5.41, 5.74) is 4.88. The number of carbonyl (C=O) groups is 1. The van der Waals surface area contributed by atoms with Crippen LogP contribution in [0.1, 0.15) is 30.4 Å². The number of carbonyl (C=O) groups excluding carboxylic acids is 1. The second-order valence-corrected chi connectivity index (χ2v) is 8.39. The molecule has 142 valence electrons. The number of hydrogen-bond donors (Lipinski definition) is 1. The van der Waals surface area contributed by atoms with Crippen molar-refractivity contribution in [3.8, 4) is 0 Å². The lowest BCUT2D eigenvalue weighted by atomic mass is 10.0. The minimum atomic E-state index is 0.0813. The molecule has 1 amide bonds. The molecule has 3 aromatic rings. The average molecular weight is 436 g/mol. The maximum atomic E-state index is 13.5. The smallest absolute Gasteiger partial charge is 0.260 e. The van der Waals surface area contributed by atoms with Crippen molar-refractivity contribution in [2.45, 2.75) is 19.3 Å². The molecule has 0 aliphatic carbocycles. The number of amides is 1. The predicted molar refractivity (Wildman–Crippen MR) is 118 cm³/mol. The number of nitrogens with one attached hydrogen (secondary N) is 1. The van der Waals surface area contributed by atoms with Crippen LogP contribution < -0.4 is 4.90 Å². The van der Waals surface area contributed by atoms with Crippen molar-refractivity contribution < 1.29 is 4.79 Å². The predicted octanol–water partition coefficient (Wildman–Crippen LogP) is 5.26. The number of aromatic amines is 1. The Kier molecular flexibility index (Phi) is 4.57. The van der Waals surface area contributed by atoms with E-state index in [0.717, 1.165) is 50.9 Å². The van der Waals surface area contributed by atoms with Crippen LogP contribution >= 0.6 is 15.9 Å². The highest BCUT2D eigenvalue weighted by molar-refractivity contribution is 9.10. The number of piperidine rings is 1. The molecule has 3 heterocycles. The zero-order chi connectivity index (χ0) is 19.1. The number of anilines is 1. The van der Waals surface area contributed by atoms with E-state index in [9.17, 15) is 4.79 Å². The third kappa shape index (κ3) is 2.99. The standard InChI is InChI=1S/C23H22BrN3O/c24-20-9-6-8-18-19(13-16-14-25-21-10-3-2-7-17(16)21)23(28)27(22(18)20)15-26-11-4-1-5-12-26/h2-3,6-10,13-14,25H,1,4-5,11-12,15H2/b19-13+. The molecule has 5 heteroatoms. The normalized spacial score (nSPS) is 19.0. The Hall–Kier alpha value is -2.37. The van der Waals surface area contributed by atoms with Crippen molar-refractivity contribution in [2.75, 3.05) is 24.7 Å². The molecule has 1 saturated heterocycles. The molecule has 0 radical (unpaired) electrons. The van der Waals surface area contributed by atoms with Crippen LogP contribution in [0.15, 0.2) is 53.1 Å². The van der Waals surface area contributed by atoms with Gasteiger partial charge in [-0.15, -0.1) is 0 Å². The zero-order valence-corrected chi connectivity index (χ0v) is 17.2. The minimum Gasteiger partial charge on any atom is -0.361 e. The summed E-state index contributed by atoms with van der Waals surface area (Å²) < 4.78 is 0.970. The van der Waals surface area contributed by atoms with Crippen LogP contribution in [0.4, 0.5) is 5.69 Å². The molecular formula is C23H22BrN3O. The summed E-state index contributed by atoms with van der Waals surface area (Å²) in [6.45, 7) is 2.77. The van der Waals surface area contributed by atoms with Crippen LogP contribution in [0.2, 0.25) is 0 Å². The van der Waals surface area contributed by atoms with Crippen LogP contribution in [-0.4, -0.2) is 35.5 Å². The van der Waals surface area contributed by atoms with E-state index in [4.69, 9.17) is 0 Å². The van der Waals surface area contributed by atoms with E-state index >= 15 is 0 Å². The number of aromatic nitrogens is 1. The van der Waals surface area contributed by atoms with Crippen LogP contribution in [0.3, 0.4) is 0 Å². The number of benzene rings is 2. The van der Waals surface area contributed by atoms with Crippen molar-refractivity contribution in [1.82, 2.24) is 9.88 Å². The van der Waals surface area contributed by atoms with Crippen molar-refractivity contribution in [2.24, 2.45) is 0 Å². The van der Waals surface area contributed by atoms with Gasteiger partial charge in [-0.3, -0.25) is 14.6 Å². The quantitative estimate of drug-likeness (QED) is 0.569. The van der Waals surface area contributed by atoms with E-state index in [2.05, 4.69) is 44.0 Å². The maximum Gasteiger partial charge on any atom is 0.260 e. The van der Waals surface area contributed by atoms with Gasteiger partial charge in [-0.1, -0.05) is 36.8 Å². The average Bonchev–Trinajstić information content (AvgIpc) is 3.25. The van der Waals surface area contributed by atoms with Gasteiger partial charge in [-0.05, 0) is 60.1 Å². The highest BCUT2D eigenvalue weighted by atomic mass is 79.9. The molecule has 2 aromatic carbocycles. The molecule has 0 atom stereocenters. The first-order valence-electron chi connectivity index (χ1n) is 9.83. The molecular weight excluding hydrogens is 414 g/mol. The Morgan fingerprint density at radius 1 is 1.04 bits per heavy atom. The molecule has 0 bridgehead atoms. The Morgan fingerprint density at radius 3 is 2.71 bits per heavy atom. The summed E-state index contributed by atoms with van der Waals surface area (Å²) in [4.78, 5) is 21.1. The lowest BCUT2D eigenvalue weighted by molar-refractivity contribution is -0.113. The Morgan fingerprint density at radius 2 is 1.86 bits per heavy atom. The molecule has 2 aliphatic rings. The first-order chi connectivity index (χ1) is 13.7. The SMILES string of the molecule is O=C1/C(=C/c2c[nH]c3ccccc23)c2cccc(Br)c2N1CN1CCCCC1. The number of likely N-dealkylation sites (tertiary alicyclic amines) is 1. The van der Waals surface area contributed by atoms with Crippen LogP contribution in [0.25, 0.3) is 22.6 Å². The number of H-pyrrole nitrogens is 1. The third-order valence-electron chi connectivity index (χ3n) is 5.73. The van der Waals surface area contributed by atoms with E-state index in [-0.39, 0.29) is 5.91 Å². The highest BCUT2D eigenvalue weighted by Gasteiger charge is 2.35. The summed E-state index contributed by atoms with van der Waals surface area (Å²) in [6, 6.07) is 14.3. The number of nitrogens with zero attached hydrogens (tertiary/aromatic N) is 2. The lowest BCUT2D eigenvalue weighted by Crippen LogP contribution is -2.42. The molecule has 2 aliphatic heterocycles. The van der Waals surface area contributed by atoms with Gasteiger partial charge in [0.25, 0.3) is 5.91 Å². The fourth-order valence-corrected chi connectivity index (χ4v) is 4.89. The molecule has 0 saturated carbocycles. The Labute approximate surface area is 173 Å². The fourth-order valence-electron chi connectivity index (χ4n) is 4.31. The molecule has 28 heavy (non-hydrogen) atoms. The van der Waals surface area contributed by atoms with Gasteiger partial charge >= 0.3 is 0 Å². The number of hydrogen-bond acceptors (Lipinski definition) is 2. The van der Waals surface area contributed by atoms with Gasteiger partial charge in [-0.2, -0.15) is 0 Å². The number of rotatable bonds is 3. The van der Waals surface area contributed by atoms with E-state index in [0.29, 0.717) is 6.67 Å². The molecule has 5 rings (SSSR count). The number of fused-ring (bicyclic) bond motifs is 2. The van der Waals surface area contributed by atoms with Crippen molar-refractivity contribution in [3.05, 3.63) is 64.3 Å². The summed E-state index contributed by atoms with van der Waals surface area (Å²) in [5.74, 6) is 0.0813. The number of halogens is 1. The van der Waals surface area contributed by atoms with Gasteiger partial charge in [0.2, 0.25) is 0 Å². The van der Waals surface area contributed by atoms with E-state index in [1.165, 1.54) is 19.3 Å². The number of para-hydroxylation sites is 2. The first kappa shape index (κ1) is 17.7. The molecule has 4 nitrogen and oxygen atoms in total. The molecule has 1 fully saturated rings. The van der Waals surface area contributed by atoms with Gasteiger partial charge < -0.3 is 4.98 Å². The fraction of sp³-hybridized carbons (Fsp3) is 0.261. The van der Waals surface area contributed by atoms with Crippen LogP contribution in [-0.2, 0) is 4.79 Å². The lowest BCUT2D eigenvalue weighted by Gasteiger charge is -2.31. The first-order valence-corrected chi connectivity index (χ1v) is 10.6. The van der Waals surface area contributed by atoms with Crippen molar-refractivity contribution in [3.63, 3.8) is 0 Å². The van der Waals surface area contributed by atoms with E-state index in [1.54, 1.807) is 0 Å². The van der Waals surface area contributed by atoms with E-state index in [1.807, 2.05) is 41.4 Å². The van der Waals surface area contributed by atoms with Crippen molar-refractivity contribution in [1.29, 1.82) is 0 Å². The third-order valence-corrected chi connectivity index (χ3v) is 6.37. The summed E-state index contributed by atoms with van der Waals surface area (Å²) in [5, 5.41) is 1.13. The topological polar surface area (TPSA) is 39.3 Å². The second-order valence-electron chi connectivity index (χ2n) is 7.54. The Bertz CT molecular complexity index is 1080. The monoisotopic (exact) mass is 435 g/mol. The zero-order valence-electron chi connectivity index (χ0n) is 15.6. The molecule has 1 N–H and O–H groups in total. The second kappa shape index (κ2) is 7.22. The maximum absolute atomic E-state index is 13.5. The summed E-state index contributed by atoms with van der Waals surface area (Å²) in [6.07, 6.45) is 7.72. The van der Waals surface area contributed by atoms with Gasteiger partial charge in [0.05, 0.1) is 12.4 Å².